The van der Waals surface area contributed by atoms with Gasteiger partial charge in [-0.25, -0.2) is 4.79 Å². The maximum Gasteiger partial charge on any atom is 0.317 e. The summed E-state index contributed by atoms with van der Waals surface area (Å²) < 4.78 is 10.9. The molecule has 1 aromatic carbocycles. The molecule has 3 aliphatic rings. The van der Waals surface area contributed by atoms with Crippen LogP contribution in [-0.2, 0) is 4.74 Å². The molecule has 0 radical (unpaired) electrons. The van der Waals surface area contributed by atoms with Crippen LogP contribution in [0.1, 0.15) is 25.7 Å². The number of carbonyl (C=O) groups excluding carboxylic acids is 1. The molecule has 3 saturated heterocycles. The van der Waals surface area contributed by atoms with Crippen molar-refractivity contribution < 1.29 is 14.3 Å². The van der Waals surface area contributed by atoms with E-state index in [0.717, 1.165) is 76.5 Å². The summed E-state index contributed by atoms with van der Waals surface area (Å²) >= 11 is 0. The third-order valence-electron chi connectivity index (χ3n) is 6.14. The topological polar surface area (TPSA) is 54.0 Å². The number of nitrogens with one attached hydrogen (secondary N) is 1. The minimum atomic E-state index is 0.109. The van der Waals surface area contributed by atoms with Gasteiger partial charge in [0.05, 0.1) is 12.8 Å². The molecule has 3 aliphatic heterocycles. The molecule has 6 heteroatoms. The van der Waals surface area contributed by atoms with E-state index < -0.39 is 0 Å². The van der Waals surface area contributed by atoms with Crippen molar-refractivity contribution in [2.24, 2.45) is 5.41 Å². The molecule has 3 fully saturated rings. The predicted octanol–water partition coefficient (Wildman–Crippen LogP) is 2.49. The number of methoxy groups -OCH3 is 1. The van der Waals surface area contributed by atoms with Crippen molar-refractivity contribution in [3.8, 4) is 5.75 Å². The fraction of sp³-hybridized carbons (Fsp3) is 0.650. The van der Waals surface area contributed by atoms with Gasteiger partial charge in [-0.15, -0.1) is 0 Å². The Morgan fingerprint density at radius 1 is 1.19 bits per heavy atom. The largest absolute Gasteiger partial charge is 0.495 e. The summed E-state index contributed by atoms with van der Waals surface area (Å²) in [7, 11) is 1.71. The SMILES string of the molecule is COc1ccccc1N1CCC(NC(=O)N2CC3(CCOCC3)C2)CC1. The predicted molar refractivity (Wildman–Crippen MR) is 101 cm³/mol. The van der Waals surface area contributed by atoms with Crippen molar-refractivity contribution in [2.45, 2.75) is 31.7 Å². The van der Waals surface area contributed by atoms with E-state index in [1.807, 2.05) is 23.1 Å². The van der Waals surface area contributed by atoms with E-state index in [2.05, 4.69) is 16.3 Å². The molecule has 0 unspecified atom stereocenters. The Balaban J connectivity index is 1.25. The quantitative estimate of drug-likeness (QED) is 0.901. The highest BCUT2D eigenvalue weighted by Crippen LogP contribution is 2.39. The number of ether oxygens (including phenoxy) is 2. The van der Waals surface area contributed by atoms with Crippen molar-refractivity contribution in [3.05, 3.63) is 24.3 Å². The van der Waals surface area contributed by atoms with Crippen molar-refractivity contribution >= 4 is 11.7 Å². The first-order valence-corrected chi connectivity index (χ1v) is 9.70. The number of rotatable bonds is 3. The zero-order valence-electron chi connectivity index (χ0n) is 15.6. The van der Waals surface area contributed by atoms with E-state index in [0.29, 0.717) is 5.41 Å². The lowest BCUT2D eigenvalue weighted by Gasteiger charge is -2.52. The molecular weight excluding hydrogens is 330 g/mol. The molecule has 0 aliphatic carbocycles. The van der Waals surface area contributed by atoms with Gasteiger partial charge in [-0.3, -0.25) is 0 Å². The molecule has 142 valence electrons. The molecule has 4 rings (SSSR count). The first-order valence-electron chi connectivity index (χ1n) is 9.70. The lowest BCUT2D eigenvalue weighted by molar-refractivity contribution is -0.0620. The number of para-hydroxylation sites is 2. The molecule has 0 aromatic heterocycles. The van der Waals surface area contributed by atoms with Crippen LogP contribution in [-0.4, -0.2) is 63.5 Å². The summed E-state index contributed by atoms with van der Waals surface area (Å²) in [6, 6.07) is 8.51. The van der Waals surface area contributed by atoms with Gasteiger partial charge in [0.1, 0.15) is 5.75 Å². The summed E-state index contributed by atoms with van der Waals surface area (Å²) in [5.74, 6) is 0.914. The number of anilines is 1. The lowest BCUT2D eigenvalue weighted by atomic mass is 9.73. The molecule has 3 heterocycles. The van der Waals surface area contributed by atoms with Gasteiger partial charge in [-0.2, -0.15) is 0 Å². The Morgan fingerprint density at radius 2 is 1.88 bits per heavy atom. The molecule has 0 atom stereocenters. The molecule has 2 amide bonds. The summed E-state index contributed by atoms with van der Waals surface area (Å²) in [6.45, 7) is 5.34. The molecule has 0 bridgehead atoms. The molecular formula is C20H29N3O3. The minimum absolute atomic E-state index is 0.109. The average molecular weight is 359 g/mol. The summed E-state index contributed by atoms with van der Waals surface area (Å²) in [5, 5.41) is 3.24. The Hall–Kier alpha value is -1.95. The summed E-state index contributed by atoms with van der Waals surface area (Å²) in [5.41, 5.74) is 1.48. The second-order valence-electron chi connectivity index (χ2n) is 7.85. The number of carbonyl (C=O) groups is 1. The highest BCUT2D eigenvalue weighted by Gasteiger charge is 2.46. The molecule has 26 heavy (non-hydrogen) atoms. The van der Waals surface area contributed by atoms with E-state index in [1.165, 1.54) is 0 Å². The monoisotopic (exact) mass is 359 g/mol. The van der Waals surface area contributed by atoms with E-state index in [4.69, 9.17) is 9.47 Å². The van der Waals surface area contributed by atoms with Crippen molar-refractivity contribution in [3.63, 3.8) is 0 Å². The normalized spacial score (nSPS) is 22.8. The highest BCUT2D eigenvalue weighted by atomic mass is 16.5. The number of hydrogen-bond donors (Lipinski definition) is 1. The van der Waals surface area contributed by atoms with Gasteiger partial charge >= 0.3 is 6.03 Å². The van der Waals surface area contributed by atoms with Gasteiger partial charge in [0.15, 0.2) is 0 Å². The van der Waals surface area contributed by atoms with Crippen molar-refractivity contribution in [1.29, 1.82) is 0 Å². The second kappa shape index (κ2) is 7.35. The van der Waals surface area contributed by atoms with Gasteiger partial charge in [-0.05, 0) is 37.8 Å². The number of piperidine rings is 1. The Kier molecular flexibility index (Phi) is 4.94. The van der Waals surface area contributed by atoms with Gasteiger partial charge < -0.3 is 24.6 Å². The van der Waals surface area contributed by atoms with E-state index in [1.54, 1.807) is 7.11 Å². The molecule has 1 aromatic rings. The fourth-order valence-electron chi connectivity index (χ4n) is 4.45. The number of benzene rings is 1. The standard InChI is InChI=1S/C20H29N3O3/c1-25-18-5-3-2-4-17(18)22-10-6-16(7-11-22)21-19(24)23-14-20(15-23)8-12-26-13-9-20/h2-5,16H,6-15H2,1H3,(H,21,24). The molecule has 1 spiro atoms. The zero-order chi connectivity index (χ0) is 18.0. The van der Waals surface area contributed by atoms with Crippen LogP contribution in [0.3, 0.4) is 0 Å². The molecule has 0 saturated carbocycles. The van der Waals surface area contributed by atoms with Gasteiger partial charge in [-0.1, -0.05) is 12.1 Å². The van der Waals surface area contributed by atoms with Crippen molar-refractivity contribution in [2.75, 3.05) is 51.4 Å². The fourth-order valence-corrected chi connectivity index (χ4v) is 4.45. The first kappa shape index (κ1) is 17.5. The Morgan fingerprint density at radius 3 is 2.58 bits per heavy atom. The van der Waals surface area contributed by atoms with Crippen LogP contribution in [0.5, 0.6) is 5.75 Å². The van der Waals surface area contributed by atoms with Gasteiger partial charge in [0.2, 0.25) is 0 Å². The highest BCUT2D eigenvalue weighted by molar-refractivity contribution is 5.75. The van der Waals surface area contributed by atoms with E-state index in [-0.39, 0.29) is 12.1 Å². The van der Waals surface area contributed by atoms with Crippen LogP contribution in [0.4, 0.5) is 10.5 Å². The first-order chi connectivity index (χ1) is 12.7. The lowest BCUT2D eigenvalue weighted by Crippen LogP contribution is -2.63. The van der Waals surface area contributed by atoms with E-state index >= 15 is 0 Å². The Labute approximate surface area is 155 Å². The zero-order valence-corrected chi connectivity index (χ0v) is 15.6. The van der Waals surface area contributed by atoms with E-state index in [9.17, 15) is 4.79 Å². The number of hydrogen-bond acceptors (Lipinski definition) is 4. The van der Waals surface area contributed by atoms with Gasteiger partial charge in [0, 0.05) is 50.8 Å². The van der Waals surface area contributed by atoms with Crippen LogP contribution in [0.2, 0.25) is 0 Å². The number of amides is 2. The maximum atomic E-state index is 12.5. The van der Waals surface area contributed by atoms with Crippen molar-refractivity contribution in [1.82, 2.24) is 10.2 Å². The summed E-state index contributed by atoms with van der Waals surface area (Å²) in [6.07, 6.45) is 4.12. The van der Waals surface area contributed by atoms with Crippen LogP contribution in [0, 0.1) is 5.41 Å². The minimum Gasteiger partial charge on any atom is -0.495 e. The number of nitrogens with zero attached hydrogens (tertiary/aromatic N) is 2. The van der Waals surface area contributed by atoms with Crippen LogP contribution >= 0.6 is 0 Å². The molecule has 6 nitrogen and oxygen atoms in total. The van der Waals surface area contributed by atoms with Crippen LogP contribution in [0.25, 0.3) is 0 Å². The second-order valence-corrected chi connectivity index (χ2v) is 7.85. The smallest absolute Gasteiger partial charge is 0.317 e. The number of likely N-dealkylation sites (tertiary alicyclic amines) is 1. The third-order valence-corrected chi connectivity index (χ3v) is 6.14. The van der Waals surface area contributed by atoms with Gasteiger partial charge in [0.25, 0.3) is 0 Å². The van der Waals surface area contributed by atoms with Crippen LogP contribution in [0.15, 0.2) is 24.3 Å². The number of urea groups is 1. The maximum absolute atomic E-state index is 12.5. The average Bonchev–Trinajstić information content (AvgIpc) is 2.67. The molecule has 1 N–H and O–H groups in total. The third kappa shape index (κ3) is 3.47. The Bertz CT molecular complexity index is 629. The summed E-state index contributed by atoms with van der Waals surface area (Å²) in [4.78, 5) is 16.8. The van der Waals surface area contributed by atoms with Crippen LogP contribution < -0.4 is 15.0 Å².